The summed E-state index contributed by atoms with van der Waals surface area (Å²) in [4.78, 5) is 16.7. The van der Waals surface area contributed by atoms with Gasteiger partial charge in [0.2, 0.25) is 10.0 Å². The molecular formula is C9H7Cl2N3O3S2. The number of aromatic amines is 1. The molecule has 0 saturated carbocycles. The van der Waals surface area contributed by atoms with Crippen molar-refractivity contribution in [2.45, 2.75) is 11.4 Å². The van der Waals surface area contributed by atoms with Crippen molar-refractivity contribution in [3.8, 4) is 0 Å². The minimum atomic E-state index is -3.76. The van der Waals surface area contributed by atoms with Crippen LogP contribution in [0.2, 0.25) is 10.2 Å². The van der Waals surface area contributed by atoms with Gasteiger partial charge in [0.05, 0.1) is 11.6 Å². The number of aromatic nitrogens is 2. The Morgan fingerprint density at radius 1 is 1.42 bits per heavy atom. The summed E-state index contributed by atoms with van der Waals surface area (Å²) >= 11 is 12.3. The third-order valence-corrected chi connectivity index (χ3v) is 4.88. The first-order valence-corrected chi connectivity index (χ1v) is 7.98. The Balaban J connectivity index is 2.18. The Labute approximate surface area is 122 Å². The lowest BCUT2D eigenvalue weighted by Crippen LogP contribution is -2.23. The number of pyridine rings is 1. The Morgan fingerprint density at radius 3 is 2.74 bits per heavy atom. The molecule has 0 aromatic carbocycles. The lowest BCUT2D eigenvalue weighted by atomic mass is 10.5. The molecule has 2 heterocycles. The second-order valence-corrected chi connectivity index (χ2v) is 6.82. The average molecular weight is 340 g/mol. The molecule has 0 saturated heterocycles. The molecule has 6 nitrogen and oxygen atoms in total. The van der Waals surface area contributed by atoms with Crippen molar-refractivity contribution < 1.29 is 8.42 Å². The van der Waals surface area contributed by atoms with Crippen LogP contribution in [0.4, 0.5) is 0 Å². The zero-order chi connectivity index (χ0) is 14.0. The predicted molar refractivity (Wildman–Crippen MR) is 73.2 cm³/mol. The Hall–Kier alpha value is -0.930. The van der Waals surface area contributed by atoms with Crippen molar-refractivity contribution in [2.75, 3.05) is 0 Å². The van der Waals surface area contributed by atoms with Gasteiger partial charge >= 0.3 is 4.87 Å². The van der Waals surface area contributed by atoms with Crippen molar-refractivity contribution in [3.05, 3.63) is 43.2 Å². The maximum atomic E-state index is 11.9. The van der Waals surface area contributed by atoms with Gasteiger partial charge in [-0.1, -0.05) is 34.5 Å². The molecule has 0 aliphatic heterocycles. The second-order valence-electron chi connectivity index (χ2n) is 3.44. The molecule has 2 rings (SSSR count). The summed E-state index contributed by atoms with van der Waals surface area (Å²) in [6.07, 6.45) is 1.10. The monoisotopic (exact) mass is 339 g/mol. The van der Waals surface area contributed by atoms with Gasteiger partial charge in [0.1, 0.15) is 10.0 Å². The van der Waals surface area contributed by atoms with Crippen molar-refractivity contribution in [1.29, 1.82) is 0 Å². The molecule has 0 spiro atoms. The van der Waals surface area contributed by atoms with E-state index < -0.39 is 10.0 Å². The Bertz CT molecular complexity index is 754. The average Bonchev–Trinajstić information content (AvgIpc) is 2.76. The standard InChI is InChI=1S/C9H7Cl2N3O3S2/c10-7-1-6(3-12-8(7)11)19(16,17)13-2-5-4-18-9(15)14-5/h1,3-4,13H,2H2,(H,14,15). The summed E-state index contributed by atoms with van der Waals surface area (Å²) in [6.45, 7) is -0.0265. The highest BCUT2D eigenvalue weighted by Crippen LogP contribution is 2.22. The molecule has 0 radical (unpaired) electrons. The van der Waals surface area contributed by atoms with Crippen LogP contribution in [0.3, 0.4) is 0 Å². The number of nitrogens with one attached hydrogen (secondary N) is 2. The first kappa shape index (κ1) is 14.5. The van der Waals surface area contributed by atoms with Gasteiger partial charge < -0.3 is 4.98 Å². The molecule has 10 heteroatoms. The highest BCUT2D eigenvalue weighted by atomic mass is 35.5. The third-order valence-electron chi connectivity index (χ3n) is 2.10. The first-order chi connectivity index (χ1) is 8.88. The van der Waals surface area contributed by atoms with Crippen LogP contribution in [0.5, 0.6) is 0 Å². The van der Waals surface area contributed by atoms with Crippen LogP contribution >= 0.6 is 34.5 Å². The van der Waals surface area contributed by atoms with Gasteiger partial charge in [-0.05, 0) is 6.07 Å². The van der Waals surface area contributed by atoms with Crippen molar-refractivity contribution >= 4 is 44.6 Å². The summed E-state index contributed by atoms with van der Waals surface area (Å²) < 4.78 is 26.2. The summed E-state index contributed by atoms with van der Waals surface area (Å²) in [7, 11) is -3.76. The van der Waals surface area contributed by atoms with E-state index in [1.807, 2.05) is 0 Å². The smallest absolute Gasteiger partial charge is 0.304 e. The fourth-order valence-corrected chi connectivity index (χ4v) is 3.10. The first-order valence-electron chi connectivity index (χ1n) is 4.86. The van der Waals surface area contributed by atoms with Gasteiger partial charge in [-0.25, -0.2) is 18.1 Å². The lowest BCUT2D eigenvalue weighted by Gasteiger charge is -2.06. The Morgan fingerprint density at radius 2 is 2.16 bits per heavy atom. The van der Waals surface area contributed by atoms with E-state index in [0.717, 1.165) is 17.5 Å². The van der Waals surface area contributed by atoms with E-state index in [-0.39, 0.29) is 26.5 Å². The van der Waals surface area contributed by atoms with E-state index in [9.17, 15) is 13.2 Å². The maximum absolute atomic E-state index is 11.9. The van der Waals surface area contributed by atoms with Crippen LogP contribution in [-0.2, 0) is 16.6 Å². The highest BCUT2D eigenvalue weighted by Gasteiger charge is 2.16. The molecule has 0 amide bonds. The third kappa shape index (κ3) is 3.54. The molecule has 19 heavy (non-hydrogen) atoms. The fraction of sp³-hybridized carbons (Fsp3) is 0.111. The number of hydrogen-bond donors (Lipinski definition) is 2. The van der Waals surface area contributed by atoms with E-state index in [1.54, 1.807) is 0 Å². The van der Waals surface area contributed by atoms with E-state index in [0.29, 0.717) is 5.69 Å². The minimum absolute atomic E-state index is 0.0265. The quantitative estimate of drug-likeness (QED) is 0.828. The van der Waals surface area contributed by atoms with Gasteiger partial charge in [-0.3, -0.25) is 4.79 Å². The molecule has 2 aromatic rings. The summed E-state index contributed by atoms with van der Waals surface area (Å²) in [5.41, 5.74) is 0.478. The molecule has 0 bridgehead atoms. The van der Waals surface area contributed by atoms with Crippen molar-refractivity contribution in [2.24, 2.45) is 0 Å². The van der Waals surface area contributed by atoms with Crippen LogP contribution in [-0.4, -0.2) is 18.4 Å². The number of halogens is 2. The maximum Gasteiger partial charge on any atom is 0.304 e. The topological polar surface area (TPSA) is 91.9 Å². The number of sulfonamides is 1. The number of rotatable bonds is 4. The molecule has 0 atom stereocenters. The molecular weight excluding hydrogens is 333 g/mol. The second kappa shape index (κ2) is 5.59. The number of nitrogens with zero attached hydrogens (tertiary/aromatic N) is 1. The normalized spacial score (nSPS) is 11.7. The zero-order valence-electron chi connectivity index (χ0n) is 9.18. The van der Waals surface area contributed by atoms with Crippen molar-refractivity contribution in [1.82, 2.24) is 14.7 Å². The molecule has 2 aromatic heterocycles. The molecule has 102 valence electrons. The van der Waals surface area contributed by atoms with Crippen LogP contribution in [0, 0.1) is 0 Å². The van der Waals surface area contributed by atoms with Gasteiger partial charge in [-0.2, -0.15) is 0 Å². The van der Waals surface area contributed by atoms with Gasteiger partial charge in [-0.15, -0.1) is 0 Å². The summed E-state index contributed by atoms with van der Waals surface area (Å²) in [6, 6.07) is 1.20. The Kier molecular flexibility index (Phi) is 4.26. The highest BCUT2D eigenvalue weighted by molar-refractivity contribution is 7.89. The predicted octanol–water partition coefficient (Wildman–Crippen LogP) is 1.62. The molecule has 2 N–H and O–H groups in total. The SMILES string of the molecule is O=c1[nH]c(CNS(=O)(=O)c2cnc(Cl)c(Cl)c2)cs1. The van der Waals surface area contributed by atoms with E-state index in [1.165, 1.54) is 11.4 Å². The van der Waals surface area contributed by atoms with E-state index in [2.05, 4.69) is 14.7 Å². The fourth-order valence-electron chi connectivity index (χ4n) is 1.21. The number of thiazole rings is 1. The van der Waals surface area contributed by atoms with Crippen LogP contribution in [0.1, 0.15) is 5.69 Å². The van der Waals surface area contributed by atoms with Crippen LogP contribution in [0.15, 0.2) is 27.3 Å². The van der Waals surface area contributed by atoms with Gasteiger partial charge in [0, 0.05) is 17.3 Å². The molecule has 0 fully saturated rings. The minimum Gasteiger partial charge on any atom is -0.315 e. The lowest BCUT2D eigenvalue weighted by molar-refractivity contribution is 0.580. The van der Waals surface area contributed by atoms with Crippen molar-refractivity contribution in [3.63, 3.8) is 0 Å². The largest absolute Gasteiger partial charge is 0.315 e. The molecule has 0 aliphatic carbocycles. The van der Waals surface area contributed by atoms with Gasteiger partial charge in [0.15, 0.2) is 0 Å². The van der Waals surface area contributed by atoms with E-state index >= 15 is 0 Å². The summed E-state index contributed by atoms with van der Waals surface area (Å²) in [5, 5.41) is 1.62. The van der Waals surface area contributed by atoms with Gasteiger partial charge in [0.25, 0.3) is 0 Å². The number of H-pyrrole nitrogens is 1. The number of hydrogen-bond acceptors (Lipinski definition) is 5. The van der Waals surface area contributed by atoms with E-state index in [4.69, 9.17) is 23.2 Å². The molecule has 0 unspecified atom stereocenters. The van der Waals surface area contributed by atoms with Crippen LogP contribution in [0.25, 0.3) is 0 Å². The zero-order valence-corrected chi connectivity index (χ0v) is 12.3. The summed E-state index contributed by atoms with van der Waals surface area (Å²) in [5.74, 6) is 0. The molecule has 0 aliphatic rings. The van der Waals surface area contributed by atoms with Crippen LogP contribution < -0.4 is 9.60 Å².